The quantitative estimate of drug-likeness (QED) is 0.324. The maximum Gasteiger partial charge on any atom is 0.345 e. The van der Waals surface area contributed by atoms with Gasteiger partial charge in [-0.3, -0.25) is 4.79 Å². The van der Waals surface area contributed by atoms with Crippen molar-refractivity contribution in [3.05, 3.63) is 91.0 Å². The van der Waals surface area contributed by atoms with Gasteiger partial charge < -0.3 is 14.6 Å². The van der Waals surface area contributed by atoms with Crippen LogP contribution < -0.4 is 15.9 Å². The molecule has 3 rings (SSSR count). The molecular formula is C29H34O5P+. The first-order valence-corrected chi connectivity index (χ1v) is 13.8. The van der Waals surface area contributed by atoms with Crippen molar-refractivity contribution in [3.63, 3.8) is 0 Å². The molecule has 0 saturated heterocycles. The lowest BCUT2D eigenvalue weighted by Gasteiger charge is -2.27. The number of ether oxygens (including phenoxy) is 2. The summed E-state index contributed by atoms with van der Waals surface area (Å²) in [6.45, 7) is 5.04. The Bertz CT molecular complexity index is 987. The zero-order valence-electron chi connectivity index (χ0n) is 20.6. The minimum absolute atomic E-state index is 0.153. The minimum atomic E-state index is -2.37. The van der Waals surface area contributed by atoms with Crippen LogP contribution in [-0.4, -0.2) is 42.5 Å². The van der Waals surface area contributed by atoms with Crippen LogP contribution in [0.5, 0.6) is 0 Å². The van der Waals surface area contributed by atoms with Gasteiger partial charge >= 0.3 is 11.9 Å². The highest BCUT2D eigenvalue weighted by molar-refractivity contribution is 7.96. The van der Waals surface area contributed by atoms with E-state index in [0.29, 0.717) is 6.42 Å². The molecule has 35 heavy (non-hydrogen) atoms. The fourth-order valence-electron chi connectivity index (χ4n) is 3.76. The summed E-state index contributed by atoms with van der Waals surface area (Å²) in [6.07, 6.45) is -0.310. The minimum Gasteiger partial charge on any atom is -0.462 e. The molecule has 0 aliphatic heterocycles. The lowest BCUT2D eigenvalue weighted by Crippen LogP contribution is -2.37. The van der Waals surface area contributed by atoms with Gasteiger partial charge in [0.2, 0.25) is 0 Å². The molecule has 184 valence electrons. The monoisotopic (exact) mass is 493 g/mol. The second kappa shape index (κ2) is 12.1. The Balaban J connectivity index is 1.81. The number of benzene rings is 3. The summed E-state index contributed by atoms with van der Waals surface area (Å²) in [7, 11) is -2.37. The third-order valence-electron chi connectivity index (χ3n) is 6.24. The summed E-state index contributed by atoms with van der Waals surface area (Å²) in [4.78, 5) is 25.4. The van der Waals surface area contributed by atoms with Gasteiger partial charge in [-0.1, -0.05) is 61.5 Å². The fraction of sp³-hybridized carbons (Fsp3) is 0.310. The highest BCUT2D eigenvalue weighted by atomic mass is 31.2. The third kappa shape index (κ3) is 6.56. The molecule has 0 saturated carbocycles. The van der Waals surface area contributed by atoms with Crippen molar-refractivity contribution in [2.45, 2.75) is 33.3 Å². The van der Waals surface area contributed by atoms with Crippen molar-refractivity contribution in [2.75, 3.05) is 19.4 Å². The Hall–Kier alpha value is -3.01. The third-order valence-corrected chi connectivity index (χ3v) is 10.5. The highest BCUT2D eigenvalue weighted by Crippen LogP contribution is 2.55. The van der Waals surface area contributed by atoms with Crippen LogP contribution in [0, 0.1) is 5.41 Å². The fourth-order valence-corrected chi connectivity index (χ4v) is 7.72. The standard InChI is InChI=1S/C29H34O5P/c1-4-29(2,3)28(32)34-21-23(30)20-33-27(31)22-35(24-14-8-5-9-15-24,25-16-10-6-11-17-25)26-18-12-7-13-19-26/h5-19,23,30H,4,20-22H2,1-3H3/q+1. The zero-order chi connectivity index (χ0) is 25.3. The molecule has 1 unspecified atom stereocenters. The molecule has 1 atom stereocenters. The Kier molecular flexibility index (Phi) is 9.20. The van der Waals surface area contributed by atoms with Gasteiger partial charge in [-0.15, -0.1) is 0 Å². The van der Waals surface area contributed by atoms with E-state index in [-0.39, 0.29) is 25.3 Å². The second-order valence-electron chi connectivity index (χ2n) is 9.15. The topological polar surface area (TPSA) is 72.8 Å². The summed E-state index contributed by atoms with van der Waals surface area (Å²) < 4.78 is 10.7. The van der Waals surface area contributed by atoms with Crippen LogP contribution in [0.25, 0.3) is 0 Å². The molecule has 5 nitrogen and oxygen atoms in total. The number of carbonyl (C=O) groups excluding carboxylic acids is 2. The van der Waals surface area contributed by atoms with Crippen molar-refractivity contribution in [1.82, 2.24) is 0 Å². The van der Waals surface area contributed by atoms with Crippen molar-refractivity contribution < 1.29 is 24.2 Å². The molecule has 0 aromatic heterocycles. The first kappa shape index (κ1) is 26.6. The van der Waals surface area contributed by atoms with E-state index < -0.39 is 24.8 Å². The Morgan fingerprint density at radius 3 is 1.57 bits per heavy atom. The van der Waals surface area contributed by atoms with E-state index in [0.717, 1.165) is 15.9 Å². The number of aliphatic hydroxyl groups excluding tert-OH is 1. The molecule has 0 spiro atoms. The zero-order valence-corrected chi connectivity index (χ0v) is 21.5. The SMILES string of the molecule is CCC(C)(C)C(=O)OCC(O)COC(=O)C[P+](c1ccccc1)(c1ccccc1)c1ccccc1. The molecule has 0 radical (unpaired) electrons. The Labute approximate surface area is 208 Å². The number of esters is 2. The van der Waals surface area contributed by atoms with E-state index in [4.69, 9.17) is 9.47 Å². The first-order valence-electron chi connectivity index (χ1n) is 11.9. The molecule has 0 bridgehead atoms. The molecule has 0 amide bonds. The molecule has 1 N–H and O–H groups in total. The van der Waals surface area contributed by atoms with E-state index in [1.165, 1.54) is 0 Å². The molecule has 0 aliphatic carbocycles. The van der Waals surface area contributed by atoms with E-state index in [1.54, 1.807) is 13.8 Å². The summed E-state index contributed by atoms with van der Waals surface area (Å²) in [5.41, 5.74) is -0.623. The summed E-state index contributed by atoms with van der Waals surface area (Å²) in [5, 5.41) is 13.5. The van der Waals surface area contributed by atoms with Gasteiger partial charge in [0.15, 0.2) is 6.16 Å². The first-order chi connectivity index (χ1) is 16.8. The van der Waals surface area contributed by atoms with Crippen LogP contribution in [0.3, 0.4) is 0 Å². The maximum absolute atomic E-state index is 13.2. The van der Waals surface area contributed by atoms with Crippen LogP contribution in [0.2, 0.25) is 0 Å². The summed E-state index contributed by atoms with van der Waals surface area (Å²) >= 11 is 0. The summed E-state index contributed by atoms with van der Waals surface area (Å²) in [5.74, 6) is -0.790. The van der Waals surface area contributed by atoms with Gasteiger partial charge in [0.25, 0.3) is 0 Å². The number of carbonyl (C=O) groups is 2. The predicted molar refractivity (Wildman–Crippen MR) is 142 cm³/mol. The van der Waals surface area contributed by atoms with E-state index in [2.05, 4.69) is 36.4 Å². The average molecular weight is 494 g/mol. The van der Waals surface area contributed by atoms with Crippen molar-refractivity contribution in [1.29, 1.82) is 0 Å². The van der Waals surface area contributed by atoms with Gasteiger partial charge in [-0.25, -0.2) is 4.79 Å². The van der Waals surface area contributed by atoms with Crippen molar-refractivity contribution in [3.8, 4) is 0 Å². The maximum atomic E-state index is 13.2. The number of hydrogen-bond acceptors (Lipinski definition) is 5. The predicted octanol–water partition coefficient (Wildman–Crippen LogP) is 3.86. The normalized spacial score (nSPS) is 12.6. The molecule has 0 aliphatic rings. The second-order valence-corrected chi connectivity index (χ2v) is 12.6. The van der Waals surface area contributed by atoms with Crippen molar-refractivity contribution in [2.24, 2.45) is 5.41 Å². The van der Waals surface area contributed by atoms with E-state index in [9.17, 15) is 14.7 Å². The number of hydrogen-bond donors (Lipinski definition) is 1. The van der Waals surface area contributed by atoms with Crippen LogP contribution in [0.15, 0.2) is 91.0 Å². The Morgan fingerprint density at radius 1 is 0.771 bits per heavy atom. The van der Waals surface area contributed by atoms with Crippen LogP contribution >= 0.6 is 7.26 Å². The van der Waals surface area contributed by atoms with Gasteiger partial charge in [0.1, 0.15) is 42.5 Å². The molecular weight excluding hydrogens is 459 g/mol. The molecule has 3 aromatic rings. The largest absolute Gasteiger partial charge is 0.462 e. The number of rotatable bonds is 11. The Morgan fingerprint density at radius 2 is 1.17 bits per heavy atom. The van der Waals surface area contributed by atoms with Crippen LogP contribution in [0.1, 0.15) is 27.2 Å². The number of aliphatic hydroxyl groups is 1. The molecule has 3 aromatic carbocycles. The van der Waals surface area contributed by atoms with Crippen LogP contribution in [-0.2, 0) is 19.1 Å². The van der Waals surface area contributed by atoms with E-state index in [1.807, 2.05) is 61.5 Å². The van der Waals surface area contributed by atoms with Gasteiger partial charge in [-0.05, 0) is 56.7 Å². The smallest absolute Gasteiger partial charge is 0.345 e. The molecule has 0 heterocycles. The van der Waals surface area contributed by atoms with E-state index >= 15 is 0 Å². The van der Waals surface area contributed by atoms with Gasteiger partial charge in [0.05, 0.1) is 5.41 Å². The van der Waals surface area contributed by atoms with Gasteiger partial charge in [-0.2, -0.15) is 0 Å². The van der Waals surface area contributed by atoms with Gasteiger partial charge in [0, 0.05) is 0 Å². The highest BCUT2D eigenvalue weighted by Gasteiger charge is 2.47. The van der Waals surface area contributed by atoms with Crippen LogP contribution in [0.4, 0.5) is 0 Å². The van der Waals surface area contributed by atoms with Crippen molar-refractivity contribution >= 4 is 35.1 Å². The average Bonchev–Trinajstić information content (AvgIpc) is 2.90. The molecule has 0 fully saturated rings. The lowest BCUT2D eigenvalue weighted by atomic mass is 9.91. The molecule has 6 heteroatoms. The lowest BCUT2D eigenvalue weighted by molar-refractivity contribution is -0.159. The summed E-state index contributed by atoms with van der Waals surface area (Å²) in [6, 6.07) is 30.1.